The third-order valence-corrected chi connectivity index (χ3v) is 3.09. The van der Waals surface area contributed by atoms with E-state index in [0.29, 0.717) is 17.5 Å². The number of aromatic hydroxyl groups is 1. The van der Waals surface area contributed by atoms with Gasteiger partial charge in [-0.25, -0.2) is 0 Å². The highest BCUT2D eigenvalue weighted by atomic mass is 32.2. The molecular formula is C11H12N2O2S. The number of nitrogens with zero attached hydrogens (tertiary/aromatic N) is 2. The number of hydrogen-bond acceptors (Lipinski definition) is 5. The number of thioether (sulfide) groups is 1. The molecule has 0 unspecified atom stereocenters. The smallest absolute Gasteiger partial charge is 0.226 e. The van der Waals surface area contributed by atoms with Gasteiger partial charge in [0, 0.05) is 11.3 Å². The molecule has 0 aliphatic heterocycles. The molecule has 0 aliphatic rings. The Balaban J connectivity index is 1.99. The molecule has 0 saturated heterocycles. The molecule has 4 nitrogen and oxygen atoms in total. The molecule has 1 N–H and O–H groups in total. The van der Waals surface area contributed by atoms with E-state index in [4.69, 9.17) is 4.52 Å². The summed E-state index contributed by atoms with van der Waals surface area (Å²) in [6, 6.07) is 7.20. The number of phenols is 1. The Bertz CT molecular complexity index is 471. The molecule has 0 aliphatic carbocycles. The van der Waals surface area contributed by atoms with E-state index in [-0.39, 0.29) is 5.75 Å². The van der Waals surface area contributed by atoms with E-state index < -0.39 is 0 Å². The van der Waals surface area contributed by atoms with Crippen LogP contribution in [0.25, 0.3) is 0 Å². The molecule has 1 aromatic carbocycles. The minimum absolute atomic E-state index is 0.284. The Hall–Kier alpha value is -1.49. The molecule has 2 aromatic rings. The van der Waals surface area contributed by atoms with Crippen LogP contribution in [-0.2, 0) is 12.2 Å². The van der Waals surface area contributed by atoms with Crippen LogP contribution in [0.1, 0.15) is 18.6 Å². The van der Waals surface area contributed by atoms with Crippen LogP contribution >= 0.6 is 11.8 Å². The number of benzene rings is 1. The highest BCUT2D eigenvalue weighted by molar-refractivity contribution is 7.98. The van der Waals surface area contributed by atoms with Gasteiger partial charge in [-0.15, -0.1) is 11.8 Å². The molecule has 0 fully saturated rings. The van der Waals surface area contributed by atoms with Gasteiger partial charge in [0.15, 0.2) is 5.82 Å². The molecule has 0 amide bonds. The molecule has 0 radical (unpaired) electrons. The molecule has 1 aromatic heterocycles. The average molecular weight is 236 g/mol. The van der Waals surface area contributed by atoms with E-state index in [1.54, 1.807) is 12.1 Å². The molecule has 5 heteroatoms. The largest absolute Gasteiger partial charge is 0.507 e. The van der Waals surface area contributed by atoms with E-state index in [0.717, 1.165) is 11.3 Å². The summed E-state index contributed by atoms with van der Waals surface area (Å²) >= 11 is 1.49. The fraction of sp³-hybridized carbons (Fsp3) is 0.273. The van der Waals surface area contributed by atoms with Crippen molar-refractivity contribution in [3.63, 3.8) is 0 Å². The Kier molecular flexibility index (Phi) is 3.46. The van der Waals surface area contributed by atoms with Crippen molar-refractivity contribution in [2.24, 2.45) is 0 Å². The van der Waals surface area contributed by atoms with Crippen LogP contribution in [0.3, 0.4) is 0 Å². The zero-order valence-electron chi connectivity index (χ0n) is 8.88. The number of para-hydroxylation sites is 1. The molecule has 2 rings (SSSR count). The summed E-state index contributed by atoms with van der Waals surface area (Å²) in [6.07, 6.45) is 0.744. The topological polar surface area (TPSA) is 59.2 Å². The zero-order valence-corrected chi connectivity index (χ0v) is 9.70. The summed E-state index contributed by atoms with van der Waals surface area (Å²) in [5.74, 6) is 2.19. The predicted molar refractivity (Wildman–Crippen MR) is 61.3 cm³/mol. The van der Waals surface area contributed by atoms with Crippen molar-refractivity contribution in [1.29, 1.82) is 0 Å². The summed E-state index contributed by atoms with van der Waals surface area (Å²) in [4.78, 5) is 5.02. The van der Waals surface area contributed by atoms with Gasteiger partial charge in [-0.3, -0.25) is 0 Å². The van der Waals surface area contributed by atoms with E-state index in [2.05, 4.69) is 10.1 Å². The first kappa shape index (κ1) is 11.0. The number of aromatic nitrogens is 2. The molecule has 1 heterocycles. The molecule has 0 bridgehead atoms. The van der Waals surface area contributed by atoms with Gasteiger partial charge in [-0.05, 0) is 12.1 Å². The van der Waals surface area contributed by atoms with E-state index >= 15 is 0 Å². The van der Waals surface area contributed by atoms with Crippen LogP contribution in [0.4, 0.5) is 0 Å². The molecule has 0 atom stereocenters. The summed E-state index contributed by atoms with van der Waals surface area (Å²) in [6.45, 7) is 1.97. The minimum atomic E-state index is 0.284. The van der Waals surface area contributed by atoms with Crippen molar-refractivity contribution >= 4 is 11.8 Å². The first-order valence-corrected chi connectivity index (χ1v) is 6.00. The van der Waals surface area contributed by atoms with Crippen LogP contribution in [0.2, 0.25) is 0 Å². The second-order valence-corrected chi connectivity index (χ2v) is 4.23. The first-order chi connectivity index (χ1) is 7.79. The van der Waals surface area contributed by atoms with Crippen LogP contribution in [0.5, 0.6) is 5.75 Å². The summed E-state index contributed by atoms with van der Waals surface area (Å²) in [5, 5.41) is 13.4. The summed E-state index contributed by atoms with van der Waals surface area (Å²) in [7, 11) is 0. The zero-order chi connectivity index (χ0) is 11.4. The van der Waals surface area contributed by atoms with E-state index in [1.807, 2.05) is 19.1 Å². The van der Waals surface area contributed by atoms with E-state index in [9.17, 15) is 5.11 Å². The van der Waals surface area contributed by atoms with Crippen LogP contribution in [0, 0.1) is 0 Å². The number of rotatable bonds is 4. The Labute approximate surface area is 97.7 Å². The van der Waals surface area contributed by atoms with Gasteiger partial charge >= 0.3 is 0 Å². The van der Waals surface area contributed by atoms with Crippen molar-refractivity contribution in [1.82, 2.24) is 10.1 Å². The monoisotopic (exact) mass is 236 g/mol. The summed E-state index contributed by atoms with van der Waals surface area (Å²) in [5.41, 5.74) is 0. The van der Waals surface area contributed by atoms with Gasteiger partial charge in [0.25, 0.3) is 0 Å². The third-order valence-electron chi connectivity index (χ3n) is 2.03. The molecule has 16 heavy (non-hydrogen) atoms. The quantitative estimate of drug-likeness (QED) is 0.827. The third kappa shape index (κ3) is 2.55. The van der Waals surface area contributed by atoms with E-state index in [1.165, 1.54) is 11.8 Å². The van der Waals surface area contributed by atoms with Crippen molar-refractivity contribution < 1.29 is 9.63 Å². The second kappa shape index (κ2) is 5.03. The SMILES string of the molecule is CCc1nc(CSc2ccccc2O)no1. The predicted octanol–water partition coefficient (Wildman–Crippen LogP) is 2.63. The Morgan fingerprint density at radius 1 is 1.38 bits per heavy atom. The first-order valence-electron chi connectivity index (χ1n) is 5.02. The van der Waals surface area contributed by atoms with Gasteiger partial charge in [0.1, 0.15) is 5.75 Å². The van der Waals surface area contributed by atoms with Crippen LogP contribution in [-0.4, -0.2) is 15.2 Å². The van der Waals surface area contributed by atoms with Crippen molar-refractivity contribution in [2.75, 3.05) is 0 Å². The van der Waals surface area contributed by atoms with Gasteiger partial charge in [0.2, 0.25) is 5.89 Å². The lowest BCUT2D eigenvalue weighted by atomic mass is 10.3. The highest BCUT2D eigenvalue weighted by Crippen LogP contribution is 2.29. The minimum Gasteiger partial charge on any atom is -0.507 e. The molecular weight excluding hydrogens is 224 g/mol. The standard InChI is InChI=1S/C11H12N2O2S/c1-2-11-12-10(13-15-11)7-16-9-6-4-3-5-8(9)14/h3-6,14H,2,7H2,1H3. The fourth-order valence-corrected chi connectivity index (χ4v) is 2.01. The van der Waals surface area contributed by atoms with Gasteiger partial charge in [-0.2, -0.15) is 4.98 Å². The molecule has 0 saturated carbocycles. The van der Waals surface area contributed by atoms with Gasteiger partial charge in [0.05, 0.1) is 5.75 Å². The average Bonchev–Trinajstić information content (AvgIpc) is 2.76. The van der Waals surface area contributed by atoms with Gasteiger partial charge in [-0.1, -0.05) is 24.2 Å². The maximum atomic E-state index is 9.55. The Morgan fingerprint density at radius 3 is 2.88 bits per heavy atom. The number of aryl methyl sites for hydroxylation is 1. The maximum Gasteiger partial charge on any atom is 0.226 e. The van der Waals surface area contributed by atoms with Crippen molar-refractivity contribution in [3.05, 3.63) is 36.0 Å². The number of phenolic OH excluding ortho intramolecular Hbond substituents is 1. The van der Waals surface area contributed by atoms with Crippen LogP contribution < -0.4 is 0 Å². The van der Waals surface area contributed by atoms with Crippen LogP contribution in [0.15, 0.2) is 33.7 Å². The Morgan fingerprint density at radius 2 is 2.19 bits per heavy atom. The molecule has 0 spiro atoms. The van der Waals surface area contributed by atoms with Gasteiger partial charge < -0.3 is 9.63 Å². The molecule has 84 valence electrons. The maximum absolute atomic E-state index is 9.55. The second-order valence-electron chi connectivity index (χ2n) is 3.21. The number of hydrogen-bond donors (Lipinski definition) is 1. The lowest BCUT2D eigenvalue weighted by Crippen LogP contribution is -1.85. The lowest BCUT2D eigenvalue weighted by Gasteiger charge is -2.00. The van der Waals surface area contributed by atoms with Crippen molar-refractivity contribution in [3.8, 4) is 5.75 Å². The normalized spacial score (nSPS) is 10.6. The van der Waals surface area contributed by atoms with Crippen molar-refractivity contribution in [2.45, 2.75) is 24.0 Å². The summed E-state index contributed by atoms with van der Waals surface area (Å²) < 4.78 is 5.00. The highest BCUT2D eigenvalue weighted by Gasteiger charge is 2.06. The fourth-order valence-electron chi connectivity index (χ4n) is 1.21. The lowest BCUT2D eigenvalue weighted by molar-refractivity contribution is 0.378.